The Balaban J connectivity index is 1.18. The number of pyridine rings is 1. The predicted octanol–water partition coefficient (Wildman–Crippen LogP) is 11.4. The first kappa shape index (κ1) is 35.8. The van der Waals surface area contributed by atoms with E-state index in [1.165, 1.54) is 0 Å². The first-order chi connectivity index (χ1) is 25.9. The Labute approximate surface area is 312 Å². The van der Waals surface area contributed by atoms with Gasteiger partial charge in [0.05, 0.1) is 22.7 Å². The molecular weight excluding hydrogens is 723 g/mol. The first-order valence-electron chi connectivity index (χ1n) is 17.6. The number of thiocarbonyl (C=S) groups is 1. The van der Waals surface area contributed by atoms with Gasteiger partial charge in [-0.2, -0.15) is 26.3 Å². The largest absolute Gasteiger partial charge is 0.483 e. The fourth-order valence-electron chi connectivity index (χ4n) is 8.08. The molecule has 9 rings (SSSR count). The Bertz CT molecular complexity index is 2330. The van der Waals surface area contributed by atoms with Crippen LogP contribution in [-0.4, -0.2) is 34.1 Å². The minimum atomic E-state index is -4.99. The van der Waals surface area contributed by atoms with Crippen molar-refractivity contribution in [3.8, 4) is 5.75 Å². The summed E-state index contributed by atoms with van der Waals surface area (Å²) in [4.78, 5) is 7.12. The van der Waals surface area contributed by atoms with Crippen molar-refractivity contribution in [1.29, 1.82) is 0 Å². The number of fused-ring (bicyclic) bond motifs is 6. The predicted molar refractivity (Wildman–Crippen MR) is 205 cm³/mol. The number of piperidine rings is 3. The second-order valence-corrected chi connectivity index (χ2v) is 14.3. The lowest BCUT2D eigenvalue weighted by Gasteiger charge is -2.51. The Hall–Kier alpha value is -5.20. The fraction of sp³-hybridized carbons (Fsp3) is 0.238. The van der Waals surface area contributed by atoms with E-state index in [-0.39, 0.29) is 17.2 Å². The monoisotopic (exact) mass is 756 g/mol. The lowest BCUT2D eigenvalue weighted by Crippen LogP contribution is -2.55. The van der Waals surface area contributed by atoms with Gasteiger partial charge in [-0.15, -0.1) is 6.58 Å². The molecule has 3 aliphatic rings. The van der Waals surface area contributed by atoms with E-state index in [0.29, 0.717) is 35.2 Å². The number of nitrogens with one attached hydrogen (secondary N) is 2. The minimum Gasteiger partial charge on any atom is -0.483 e. The molecule has 4 heterocycles. The Morgan fingerprint density at radius 2 is 1.46 bits per heavy atom. The van der Waals surface area contributed by atoms with Crippen molar-refractivity contribution in [2.24, 2.45) is 11.8 Å². The molecule has 1 unspecified atom stereocenters. The van der Waals surface area contributed by atoms with Crippen molar-refractivity contribution in [3.63, 3.8) is 0 Å². The molecule has 5 nitrogen and oxygen atoms in total. The SMILES string of the molecule is C=C[C@H]1CN2CC[C@H]1C[C@@H]2[C@@H](Oc1c2ccccc2cc2ccccc12)c1ccnc2ccc(NC(=S)Nc3cc(C(F)(F)F)cc(C(F)(F)F)c3)cc12. The van der Waals surface area contributed by atoms with Crippen LogP contribution in [0.3, 0.4) is 0 Å². The summed E-state index contributed by atoms with van der Waals surface area (Å²) in [5.41, 5.74) is -1.31. The number of rotatable bonds is 7. The Kier molecular flexibility index (Phi) is 9.21. The number of halogens is 6. The molecule has 0 saturated carbocycles. The van der Waals surface area contributed by atoms with Gasteiger partial charge in [-0.1, -0.05) is 54.6 Å². The highest BCUT2D eigenvalue weighted by Crippen LogP contribution is 2.46. The summed E-state index contributed by atoms with van der Waals surface area (Å²) in [5.74, 6) is 1.62. The number of hydrogen-bond acceptors (Lipinski definition) is 4. The zero-order chi connectivity index (χ0) is 37.8. The van der Waals surface area contributed by atoms with Gasteiger partial charge in [0, 0.05) is 45.8 Å². The van der Waals surface area contributed by atoms with Crippen LogP contribution < -0.4 is 15.4 Å². The highest BCUT2D eigenvalue weighted by atomic mass is 32.1. The van der Waals surface area contributed by atoms with E-state index < -0.39 is 35.3 Å². The smallest absolute Gasteiger partial charge is 0.416 e. The molecule has 1 aromatic heterocycles. The van der Waals surface area contributed by atoms with Crippen molar-refractivity contribution in [3.05, 3.63) is 133 Å². The molecule has 3 aliphatic heterocycles. The molecule has 276 valence electrons. The highest BCUT2D eigenvalue weighted by molar-refractivity contribution is 7.80. The van der Waals surface area contributed by atoms with Gasteiger partial charge in [-0.3, -0.25) is 9.88 Å². The standard InChI is InChI=1S/C42H34F6N4OS/c1-2-24-23-52-16-14-25(24)18-37(52)39(53-38-32-9-5-3-7-26(32)17-27-8-4-6-10-33(27)38)34-13-15-49-36-12-11-30(22-35(34)36)50-40(54)51-31-20-28(41(43,44)45)19-29(21-31)42(46,47)48/h2-13,15,17,19-22,24-25,37,39H,1,14,16,18,23H2,(H2,50,51,54)/t24-,25-,37+,39-/m0/s1. The van der Waals surface area contributed by atoms with Gasteiger partial charge < -0.3 is 15.4 Å². The van der Waals surface area contributed by atoms with E-state index in [4.69, 9.17) is 17.0 Å². The van der Waals surface area contributed by atoms with E-state index in [9.17, 15) is 26.3 Å². The zero-order valence-corrected chi connectivity index (χ0v) is 29.5. The topological polar surface area (TPSA) is 49.4 Å². The minimum absolute atomic E-state index is 0.0198. The van der Waals surface area contributed by atoms with Gasteiger partial charge in [0.1, 0.15) is 11.9 Å². The maximum absolute atomic E-state index is 13.5. The van der Waals surface area contributed by atoms with Gasteiger partial charge in [-0.25, -0.2) is 0 Å². The zero-order valence-electron chi connectivity index (χ0n) is 28.7. The maximum Gasteiger partial charge on any atom is 0.416 e. The van der Waals surface area contributed by atoms with Gasteiger partial charge in [0.2, 0.25) is 0 Å². The molecule has 3 fully saturated rings. The number of alkyl halides is 6. The third-order valence-corrected chi connectivity index (χ3v) is 10.9. The molecule has 5 aromatic carbocycles. The Morgan fingerprint density at radius 3 is 2.07 bits per heavy atom. The summed E-state index contributed by atoms with van der Waals surface area (Å²) in [7, 11) is 0. The van der Waals surface area contributed by atoms with Crippen LogP contribution in [0, 0.1) is 11.8 Å². The van der Waals surface area contributed by atoms with E-state index in [1.54, 1.807) is 18.3 Å². The van der Waals surface area contributed by atoms with E-state index >= 15 is 0 Å². The molecule has 12 heteroatoms. The van der Waals surface area contributed by atoms with Crippen LogP contribution in [0.2, 0.25) is 0 Å². The molecule has 0 aliphatic carbocycles. The molecule has 0 spiro atoms. The number of aromatic nitrogens is 1. The molecule has 2 bridgehead atoms. The molecule has 6 aromatic rings. The summed E-state index contributed by atoms with van der Waals surface area (Å²) < 4.78 is 88.4. The molecular formula is C42H34F6N4OS. The van der Waals surface area contributed by atoms with Gasteiger partial charge >= 0.3 is 12.4 Å². The number of anilines is 2. The van der Waals surface area contributed by atoms with Gasteiger partial charge in [-0.05, 0) is 103 Å². The van der Waals surface area contributed by atoms with Crippen molar-refractivity contribution < 1.29 is 31.1 Å². The van der Waals surface area contributed by atoms with Crippen molar-refractivity contribution >= 4 is 61.2 Å². The van der Waals surface area contributed by atoms with Gasteiger partial charge in [0.25, 0.3) is 0 Å². The molecule has 3 saturated heterocycles. The van der Waals surface area contributed by atoms with Crippen molar-refractivity contribution in [1.82, 2.24) is 9.88 Å². The number of ether oxygens (including phenoxy) is 1. The summed E-state index contributed by atoms with van der Waals surface area (Å²) >= 11 is 5.40. The molecule has 2 N–H and O–H groups in total. The summed E-state index contributed by atoms with van der Waals surface area (Å²) in [6, 6.07) is 27.0. The summed E-state index contributed by atoms with van der Waals surface area (Å²) in [6.07, 6.45) is -4.65. The summed E-state index contributed by atoms with van der Waals surface area (Å²) in [5, 5.41) is 10.1. The average molecular weight is 757 g/mol. The second-order valence-electron chi connectivity index (χ2n) is 13.9. The molecule has 54 heavy (non-hydrogen) atoms. The molecule has 0 amide bonds. The first-order valence-corrected chi connectivity index (χ1v) is 18.0. The number of hydrogen-bond donors (Lipinski definition) is 2. The van der Waals surface area contributed by atoms with Crippen LogP contribution in [0.5, 0.6) is 5.75 Å². The Morgan fingerprint density at radius 1 is 0.815 bits per heavy atom. The van der Waals surface area contributed by atoms with Crippen molar-refractivity contribution in [2.75, 3.05) is 23.7 Å². The highest BCUT2D eigenvalue weighted by Gasteiger charge is 2.44. The lowest BCUT2D eigenvalue weighted by molar-refractivity contribution is -0.143. The van der Waals surface area contributed by atoms with Crippen LogP contribution in [0.15, 0.2) is 116 Å². The molecule has 0 radical (unpaired) electrons. The molecule has 5 atom stereocenters. The van der Waals surface area contributed by atoms with Crippen LogP contribution in [0.1, 0.15) is 35.6 Å². The third kappa shape index (κ3) is 6.96. The van der Waals surface area contributed by atoms with Crippen LogP contribution >= 0.6 is 12.2 Å². The van der Waals surface area contributed by atoms with Crippen molar-refractivity contribution in [2.45, 2.75) is 37.3 Å². The normalized spacial score (nSPS) is 20.6. The van der Waals surface area contributed by atoms with Crippen LogP contribution in [-0.2, 0) is 12.4 Å². The van der Waals surface area contributed by atoms with E-state index in [1.807, 2.05) is 36.4 Å². The average Bonchev–Trinajstić information content (AvgIpc) is 3.15. The lowest BCUT2D eigenvalue weighted by atomic mass is 9.73. The van der Waals surface area contributed by atoms with Crippen LogP contribution in [0.4, 0.5) is 37.7 Å². The third-order valence-electron chi connectivity index (χ3n) is 10.7. The van der Waals surface area contributed by atoms with Gasteiger partial charge in [0.15, 0.2) is 5.11 Å². The number of nitrogens with zero attached hydrogens (tertiary/aromatic N) is 2. The van der Waals surface area contributed by atoms with E-state index in [0.717, 1.165) is 64.2 Å². The van der Waals surface area contributed by atoms with Crippen LogP contribution in [0.25, 0.3) is 32.4 Å². The number of benzene rings is 5. The quantitative estimate of drug-likeness (QED) is 0.0732. The van der Waals surface area contributed by atoms with E-state index in [2.05, 4.69) is 63.5 Å². The summed E-state index contributed by atoms with van der Waals surface area (Å²) in [6.45, 7) is 5.91. The maximum atomic E-state index is 13.5. The second kappa shape index (κ2) is 13.9. The fourth-order valence-corrected chi connectivity index (χ4v) is 8.32.